The number of piperazine rings is 1. The molecular formula is C5H13N3. The van der Waals surface area contributed by atoms with Gasteiger partial charge < -0.3 is 5.32 Å². The van der Waals surface area contributed by atoms with E-state index < -0.39 is 0 Å². The van der Waals surface area contributed by atoms with Crippen molar-refractivity contribution >= 4 is 0 Å². The molecule has 1 unspecified atom stereocenters. The molecule has 0 aromatic rings. The molecule has 0 bridgehead atoms. The van der Waals surface area contributed by atoms with Crippen molar-refractivity contribution in [3.8, 4) is 0 Å². The van der Waals surface area contributed by atoms with Crippen LogP contribution in [0.3, 0.4) is 0 Å². The summed E-state index contributed by atoms with van der Waals surface area (Å²) in [6.45, 7) is 5.14. The van der Waals surface area contributed by atoms with Crippen molar-refractivity contribution in [1.82, 2.24) is 10.3 Å². The summed E-state index contributed by atoms with van der Waals surface area (Å²) in [6.07, 6.45) is 0. The van der Waals surface area contributed by atoms with Crippen LogP contribution in [0.1, 0.15) is 6.92 Å². The number of rotatable bonds is 0. The van der Waals surface area contributed by atoms with E-state index in [-0.39, 0.29) is 0 Å². The van der Waals surface area contributed by atoms with Crippen molar-refractivity contribution in [1.29, 1.82) is 0 Å². The van der Waals surface area contributed by atoms with E-state index in [1.54, 1.807) is 0 Å². The second kappa shape index (κ2) is 2.44. The Morgan fingerprint density at radius 3 is 2.88 bits per heavy atom. The van der Waals surface area contributed by atoms with Crippen LogP contribution in [-0.4, -0.2) is 30.7 Å². The van der Waals surface area contributed by atoms with Gasteiger partial charge in [-0.2, -0.15) is 0 Å². The van der Waals surface area contributed by atoms with Gasteiger partial charge in [-0.15, -0.1) is 0 Å². The van der Waals surface area contributed by atoms with Gasteiger partial charge >= 0.3 is 0 Å². The van der Waals surface area contributed by atoms with Gasteiger partial charge in [-0.3, -0.25) is 5.84 Å². The lowest BCUT2D eigenvalue weighted by Crippen LogP contribution is -2.52. The first-order chi connectivity index (χ1) is 3.80. The Morgan fingerprint density at radius 2 is 2.50 bits per heavy atom. The lowest BCUT2D eigenvalue weighted by atomic mass is 10.3. The molecule has 3 heteroatoms. The fraction of sp³-hybridized carbons (Fsp3) is 1.00. The van der Waals surface area contributed by atoms with Gasteiger partial charge in [0.15, 0.2) is 0 Å². The molecule has 48 valence electrons. The van der Waals surface area contributed by atoms with Gasteiger partial charge in [-0.05, 0) is 6.92 Å². The summed E-state index contributed by atoms with van der Waals surface area (Å²) in [6, 6.07) is 0.503. The molecule has 1 heterocycles. The topological polar surface area (TPSA) is 41.3 Å². The van der Waals surface area contributed by atoms with Crippen molar-refractivity contribution in [3.05, 3.63) is 0 Å². The number of nitrogens with two attached hydrogens (primary N) is 1. The second-order valence-corrected chi connectivity index (χ2v) is 2.29. The van der Waals surface area contributed by atoms with E-state index in [1.807, 2.05) is 5.01 Å². The predicted molar refractivity (Wildman–Crippen MR) is 33.2 cm³/mol. The minimum Gasteiger partial charge on any atom is -0.314 e. The van der Waals surface area contributed by atoms with Crippen LogP contribution in [0.2, 0.25) is 0 Å². The minimum absolute atomic E-state index is 0.503. The maximum Gasteiger partial charge on any atom is 0.0338 e. The molecule has 1 rings (SSSR count). The van der Waals surface area contributed by atoms with Crippen molar-refractivity contribution in [2.45, 2.75) is 13.0 Å². The molecule has 3 nitrogen and oxygen atoms in total. The Morgan fingerprint density at radius 1 is 1.75 bits per heavy atom. The first-order valence-electron chi connectivity index (χ1n) is 3.03. The highest BCUT2D eigenvalue weighted by atomic mass is 15.4. The maximum atomic E-state index is 5.57. The van der Waals surface area contributed by atoms with Crippen molar-refractivity contribution < 1.29 is 0 Å². The van der Waals surface area contributed by atoms with Gasteiger partial charge in [0.1, 0.15) is 0 Å². The molecule has 1 fully saturated rings. The van der Waals surface area contributed by atoms with Crippen LogP contribution in [0.15, 0.2) is 0 Å². The Kier molecular flexibility index (Phi) is 1.83. The largest absolute Gasteiger partial charge is 0.314 e. The smallest absolute Gasteiger partial charge is 0.0338 e. The standard InChI is InChI=1S/C5H13N3/c1-5-4-7-2-3-8(5)6/h5,7H,2-4,6H2,1H3. The van der Waals surface area contributed by atoms with E-state index in [1.165, 1.54) is 0 Å². The highest BCUT2D eigenvalue weighted by Gasteiger charge is 2.12. The molecule has 0 radical (unpaired) electrons. The number of nitrogens with zero attached hydrogens (tertiary/aromatic N) is 1. The molecule has 0 saturated carbocycles. The third-order valence-electron chi connectivity index (χ3n) is 1.55. The van der Waals surface area contributed by atoms with Crippen molar-refractivity contribution in [2.24, 2.45) is 5.84 Å². The fourth-order valence-corrected chi connectivity index (χ4v) is 0.857. The quantitative estimate of drug-likeness (QED) is 0.404. The summed E-state index contributed by atoms with van der Waals surface area (Å²) < 4.78 is 0. The third-order valence-corrected chi connectivity index (χ3v) is 1.55. The lowest BCUT2D eigenvalue weighted by molar-refractivity contribution is 0.177. The van der Waals surface area contributed by atoms with Gasteiger partial charge in [0.25, 0.3) is 0 Å². The van der Waals surface area contributed by atoms with Crippen LogP contribution < -0.4 is 11.2 Å². The molecular weight excluding hydrogens is 102 g/mol. The van der Waals surface area contributed by atoms with E-state index >= 15 is 0 Å². The monoisotopic (exact) mass is 115 g/mol. The highest BCUT2D eigenvalue weighted by molar-refractivity contribution is 4.70. The Balaban J connectivity index is 2.28. The summed E-state index contributed by atoms with van der Waals surface area (Å²) in [5.74, 6) is 5.57. The average Bonchev–Trinajstić information content (AvgIpc) is 1.77. The summed E-state index contributed by atoms with van der Waals surface area (Å²) in [5, 5.41) is 5.11. The van der Waals surface area contributed by atoms with Crippen LogP contribution in [0.5, 0.6) is 0 Å². The molecule has 0 aliphatic carbocycles. The summed E-state index contributed by atoms with van der Waals surface area (Å²) in [5.41, 5.74) is 0. The van der Waals surface area contributed by atoms with Gasteiger partial charge in [0, 0.05) is 25.7 Å². The van der Waals surface area contributed by atoms with Crippen LogP contribution in [0.4, 0.5) is 0 Å². The van der Waals surface area contributed by atoms with Gasteiger partial charge in [-0.1, -0.05) is 0 Å². The van der Waals surface area contributed by atoms with Gasteiger partial charge in [-0.25, -0.2) is 5.01 Å². The first kappa shape index (κ1) is 6.01. The molecule has 1 aliphatic heterocycles. The predicted octanol–water partition coefficient (Wildman–Crippen LogP) is -0.846. The van der Waals surface area contributed by atoms with Crippen LogP contribution >= 0.6 is 0 Å². The van der Waals surface area contributed by atoms with Crippen LogP contribution in [0, 0.1) is 0 Å². The number of hydrogen-bond acceptors (Lipinski definition) is 3. The zero-order chi connectivity index (χ0) is 5.98. The highest BCUT2D eigenvalue weighted by Crippen LogP contribution is 1.92. The second-order valence-electron chi connectivity index (χ2n) is 2.29. The molecule has 0 spiro atoms. The SMILES string of the molecule is CC1CNCCN1N. The summed E-state index contributed by atoms with van der Waals surface area (Å²) in [4.78, 5) is 0. The van der Waals surface area contributed by atoms with Crippen molar-refractivity contribution in [3.63, 3.8) is 0 Å². The van der Waals surface area contributed by atoms with E-state index in [2.05, 4.69) is 12.2 Å². The first-order valence-corrected chi connectivity index (χ1v) is 3.03. The zero-order valence-corrected chi connectivity index (χ0v) is 5.22. The zero-order valence-electron chi connectivity index (χ0n) is 5.22. The number of nitrogens with one attached hydrogen (secondary N) is 1. The maximum absolute atomic E-state index is 5.57. The molecule has 1 saturated heterocycles. The molecule has 1 atom stereocenters. The molecule has 0 amide bonds. The third kappa shape index (κ3) is 1.18. The molecule has 3 N–H and O–H groups in total. The Hall–Kier alpha value is -0.120. The normalized spacial score (nSPS) is 33.0. The van der Waals surface area contributed by atoms with Crippen LogP contribution in [-0.2, 0) is 0 Å². The molecule has 8 heavy (non-hydrogen) atoms. The molecule has 0 aromatic carbocycles. The van der Waals surface area contributed by atoms with Gasteiger partial charge in [0.05, 0.1) is 0 Å². The average molecular weight is 115 g/mol. The fourth-order valence-electron chi connectivity index (χ4n) is 0.857. The van der Waals surface area contributed by atoms with Crippen molar-refractivity contribution in [2.75, 3.05) is 19.6 Å². The van der Waals surface area contributed by atoms with E-state index in [0.717, 1.165) is 19.6 Å². The Bertz CT molecular complexity index is 64.1. The summed E-state index contributed by atoms with van der Waals surface area (Å²) >= 11 is 0. The van der Waals surface area contributed by atoms with E-state index in [4.69, 9.17) is 5.84 Å². The van der Waals surface area contributed by atoms with Crippen LogP contribution in [0.25, 0.3) is 0 Å². The Labute approximate surface area is 49.8 Å². The van der Waals surface area contributed by atoms with E-state index in [9.17, 15) is 0 Å². The number of hydrazine groups is 1. The minimum atomic E-state index is 0.503. The van der Waals surface area contributed by atoms with Gasteiger partial charge in [0.2, 0.25) is 0 Å². The molecule has 1 aliphatic rings. The molecule has 0 aromatic heterocycles. The van der Waals surface area contributed by atoms with E-state index in [0.29, 0.717) is 6.04 Å². The lowest BCUT2D eigenvalue weighted by Gasteiger charge is -2.29. The number of hydrogen-bond donors (Lipinski definition) is 2. The summed E-state index contributed by atoms with van der Waals surface area (Å²) in [7, 11) is 0.